The summed E-state index contributed by atoms with van der Waals surface area (Å²) in [6, 6.07) is 3.15. The van der Waals surface area contributed by atoms with Gasteiger partial charge in [-0.15, -0.1) is 11.3 Å². The molecule has 1 aromatic heterocycles. The van der Waals surface area contributed by atoms with E-state index in [4.69, 9.17) is 0 Å². The van der Waals surface area contributed by atoms with Crippen molar-refractivity contribution in [1.82, 2.24) is 5.32 Å². The number of thiophene rings is 1. The molecule has 0 aliphatic heterocycles. The van der Waals surface area contributed by atoms with E-state index in [1.54, 1.807) is 0 Å². The summed E-state index contributed by atoms with van der Waals surface area (Å²) in [6.07, 6.45) is 6.68. The first kappa shape index (κ1) is 13.6. The molecule has 0 bridgehead atoms. The quantitative estimate of drug-likeness (QED) is 0.779. The predicted molar refractivity (Wildman–Crippen MR) is 79.9 cm³/mol. The van der Waals surface area contributed by atoms with E-state index < -0.39 is 0 Å². The van der Waals surface area contributed by atoms with Crippen LogP contribution in [-0.4, -0.2) is 12.6 Å². The third-order valence-electron chi connectivity index (χ3n) is 3.44. The van der Waals surface area contributed by atoms with Crippen LogP contribution in [0.1, 0.15) is 42.4 Å². The maximum atomic E-state index is 3.59. The Morgan fingerprint density at radius 1 is 1.47 bits per heavy atom. The van der Waals surface area contributed by atoms with E-state index in [2.05, 4.69) is 41.2 Å². The van der Waals surface area contributed by atoms with Gasteiger partial charge in [-0.3, -0.25) is 0 Å². The van der Waals surface area contributed by atoms with Crippen LogP contribution in [0.15, 0.2) is 10.5 Å². The van der Waals surface area contributed by atoms with Crippen LogP contribution < -0.4 is 5.32 Å². The van der Waals surface area contributed by atoms with E-state index >= 15 is 0 Å². The highest BCUT2D eigenvalue weighted by Crippen LogP contribution is 2.28. The second-order valence-corrected chi connectivity index (χ2v) is 7.47. The lowest BCUT2D eigenvalue weighted by atomic mass is 10.0. The fraction of sp³-hybridized carbons (Fsp3) is 0.714. The highest BCUT2D eigenvalue weighted by atomic mass is 79.9. The lowest BCUT2D eigenvalue weighted by Gasteiger charge is -2.10. The molecule has 0 aromatic carbocycles. The molecule has 1 fully saturated rings. The Hall–Kier alpha value is 0.140. The zero-order valence-corrected chi connectivity index (χ0v) is 13.2. The maximum Gasteiger partial charge on any atom is 0.0314 e. The monoisotopic (exact) mass is 315 g/mol. The van der Waals surface area contributed by atoms with Crippen molar-refractivity contribution in [3.8, 4) is 0 Å². The van der Waals surface area contributed by atoms with Crippen molar-refractivity contribution in [2.24, 2.45) is 5.92 Å². The molecule has 1 unspecified atom stereocenters. The maximum absolute atomic E-state index is 3.59. The van der Waals surface area contributed by atoms with Crippen LogP contribution in [0, 0.1) is 12.8 Å². The van der Waals surface area contributed by atoms with Gasteiger partial charge in [0.2, 0.25) is 0 Å². The van der Waals surface area contributed by atoms with Gasteiger partial charge in [-0.2, -0.15) is 0 Å². The first-order chi connectivity index (χ1) is 8.15. The lowest BCUT2D eigenvalue weighted by molar-refractivity contribution is 0.470. The zero-order valence-electron chi connectivity index (χ0n) is 10.8. The molecule has 3 heteroatoms. The molecule has 0 amide bonds. The van der Waals surface area contributed by atoms with Crippen molar-refractivity contribution in [2.45, 2.75) is 52.0 Å². The molecular weight excluding hydrogens is 294 g/mol. The van der Waals surface area contributed by atoms with Gasteiger partial charge < -0.3 is 5.32 Å². The molecule has 1 aromatic rings. The van der Waals surface area contributed by atoms with Gasteiger partial charge >= 0.3 is 0 Å². The molecule has 17 heavy (non-hydrogen) atoms. The topological polar surface area (TPSA) is 12.0 Å². The van der Waals surface area contributed by atoms with Gasteiger partial charge in [-0.25, -0.2) is 0 Å². The molecule has 1 heterocycles. The lowest BCUT2D eigenvalue weighted by Crippen LogP contribution is -2.19. The van der Waals surface area contributed by atoms with Crippen LogP contribution in [0.3, 0.4) is 0 Å². The molecule has 96 valence electrons. The Morgan fingerprint density at radius 3 is 2.82 bits per heavy atom. The molecule has 1 atom stereocenters. The summed E-state index contributed by atoms with van der Waals surface area (Å²) in [5.74, 6) is 0.836. The van der Waals surface area contributed by atoms with Gasteiger partial charge in [-0.1, -0.05) is 6.92 Å². The summed E-state index contributed by atoms with van der Waals surface area (Å²) in [7, 11) is 0. The zero-order chi connectivity index (χ0) is 12.3. The van der Waals surface area contributed by atoms with Crippen LogP contribution in [-0.2, 0) is 6.42 Å². The SMILES string of the molecule is Cc1sc(CCC(C)CCNC2CC2)cc1Br. The molecule has 0 radical (unpaired) electrons. The molecule has 1 aliphatic rings. The molecule has 2 rings (SSSR count). The number of rotatable bonds is 7. The number of aryl methyl sites for hydroxylation is 2. The average Bonchev–Trinajstić information content (AvgIpc) is 3.04. The first-order valence-electron chi connectivity index (χ1n) is 6.63. The highest BCUT2D eigenvalue weighted by Gasteiger charge is 2.19. The van der Waals surface area contributed by atoms with Gasteiger partial charge in [0.15, 0.2) is 0 Å². The van der Waals surface area contributed by atoms with Crippen molar-refractivity contribution in [3.63, 3.8) is 0 Å². The third-order valence-corrected chi connectivity index (χ3v) is 5.64. The molecule has 1 N–H and O–H groups in total. The van der Waals surface area contributed by atoms with E-state index in [-0.39, 0.29) is 0 Å². The predicted octanol–water partition coefficient (Wildman–Crippen LogP) is 4.53. The minimum absolute atomic E-state index is 0.836. The first-order valence-corrected chi connectivity index (χ1v) is 8.24. The van der Waals surface area contributed by atoms with E-state index in [1.807, 2.05) is 11.3 Å². The van der Waals surface area contributed by atoms with Crippen LogP contribution in [0.4, 0.5) is 0 Å². The van der Waals surface area contributed by atoms with Gasteiger partial charge in [0.1, 0.15) is 0 Å². The molecule has 1 aliphatic carbocycles. The van der Waals surface area contributed by atoms with Gasteiger partial charge in [-0.05, 0) is 73.5 Å². The van der Waals surface area contributed by atoms with E-state index in [0.29, 0.717) is 0 Å². The van der Waals surface area contributed by atoms with Gasteiger partial charge in [0.25, 0.3) is 0 Å². The molecule has 1 saturated carbocycles. The fourth-order valence-electron chi connectivity index (χ4n) is 2.00. The Bertz CT molecular complexity index is 338. The summed E-state index contributed by atoms with van der Waals surface area (Å²) in [5, 5.41) is 3.59. The Labute approximate surface area is 117 Å². The van der Waals surface area contributed by atoms with Crippen molar-refractivity contribution in [2.75, 3.05) is 6.54 Å². The summed E-state index contributed by atoms with van der Waals surface area (Å²) in [6.45, 7) is 5.77. The molecular formula is C14H22BrNS. The molecule has 1 nitrogen and oxygen atoms in total. The van der Waals surface area contributed by atoms with Crippen LogP contribution in [0.2, 0.25) is 0 Å². The van der Waals surface area contributed by atoms with Crippen LogP contribution >= 0.6 is 27.3 Å². The number of hydrogen-bond donors (Lipinski definition) is 1. The minimum Gasteiger partial charge on any atom is -0.314 e. The summed E-state index contributed by atoms with van der Waals surface area (Å²) in [4.78, 5) is 2.93. The normalized spacial score (nSPS) is 17.4. The second kappa shape index (κ2) is 6.35. The Balaban J connectivity index is 1.62. The van der Waals surface area contributed by atoms with Gasteiger partial charge in [0, 0.05) is 20.3 Å². The fourth-order valence-corrected chi connectivity index (χ4v) is 3.61. The number of halogens is 1. The smallest absolute Gasteiger partial charge is 0.0314 e. The Kier molecular flexibility index (Phi) is 5.07. The van der Waals surface area contributed by atoms with Gasteiger partial charge in [0.05, 0.1) is 0 Å². The summed E-state index contributed by atoms with van der Waals surface area (Å²) >= 11 is 5.52. The third kappa shape index (κ3) is 4.72. The minimum atomic E-state index is 0.836. The summed E-state index contributed by atoms with van der Waals surface area (Å²) in [5.41, 5.74) is 0. The van der Waals surface area contributed by atoms with Crippen molar-refractivity contribution in [1.29, 1.82) is 0 Å². The van der Waals surface area contributed by atoms with Crippen LogP contribution in [0.25, 0.3) is 0 Å². The molecule has 0 saturated heterocycles. The number of hydrogen-bond acceptors (Lipinski definition) is 2. The number of nitrogens with one attached hydrogen (secondary N) is 1. The van der Waals surface area contributed by atoms with E-state index in [1.165, 1.54) is 52.9 Å². The highest BCUT2D eigenvalue weighted by molar-refractivity contribution is 9.10. The van der Waals surface area contributed by atoms with E-state index in [0.717, 1.165) is 12.0 Å². The largest absolute Gasteiger partial charge is 0.314 e. The van der Waals surface area contributed by atoms with E-state index in [9.17, 15) is 0 Å². The van der Waals surface area contributed by atoms with Crippen molar-refractivity contribution < 1.29 is 0 Å². The van der Waals surface area contributed by atoms with Crippen molar-refractivity contribution in [3.05, 3.63) is 20.3 Å². The molecule has 0 spiro atoms. The van der Waals surface area contributed by atoms with Crippen molar-refractivity contribution >= 4 is 27.3 Å². The van der Waals surface area contributed by atoms with Crippen LogP contribution in [0.5, 0.6) is 0 Å². The standard InChI is InChI=1S/C14H22BrNS/c1-10(7-8-16-12-4-5-12)3-6-13-9-14(15)11(2)17-13/h9-10,12,16H,3-8H2,1-2H3. The second-order valence-electron chi connectivity index (χ2n) is 5.28. The Morgan fingerprint density at radius 2 is 2.24 bits per heavy atom. The summed E-state index contributed by atoms with van der Waals surface area (Å²) < 4.78 is 1.28. The average molecular weight is 316 g/mol.